The molecule has 0 amide bonds. The maximum absolute atomic E-state index is 6.34. The van der Waals surface area contributed by atoms with Gasteiger partial charge in [0.2, 0.25) is 0 Å². The van der Waals surface area contributed by atoms with Crippen molar-refractivity contribution in [3.8, 4) is 11.3 Å². The summed E-state index contributed by atoms with van der Waals surface area (Å²) in [4.78, 5) is 4.79. The fraction of sp³-hybridized carbons (Fsp3) is 0.438. The first kappa shape index (κ1) is 12.3. The Kier molecular flexibility index (Phi) is 2.85. The molecule has 3 rings (SSSR count). The lowest BCUT2D eigenvalue weighted by Gasteiger charge is -2.20. The molecule has 0 radical (unpaired) electrons. The van der Waals surface area contributed by atoms with E-state index in [1.54, 1.807) is 0 Å². The number of fused-ring (bicyclic) bond motifs is 1. The van der Waals surface area contributed by atoms with Crippen LogP contribution in [0.25, 0.3) is 11.3 Å². The van der Waals surface area contributed by atoms with Crippen LogP contribution >= 0.6 is 0 Å². The zero-order chi connectivity index (χ0) is 13.6. The number of nitrogens with zero attached hydrogens (tertiary/aromatic N) is 2. The molecule has 0 aliphatic carbocycles. The Morgan fingerprint density at radius 1 is 1.32 bits per heavy atom. The minimum atomic E-state index is 0.690. The lowest BCUT2D eigenvalue weighted by Crippen LogP contribution is -2.19. The van der Waals surface area contributed by atoms with Crippen LogP contribution in [0.2, 0.25) is 0 Å². The second kappa shape index (κ2) is 4.41. The number of benzene rings is 1. The van der Waals surface area contributed by atoms with Gasteiger partial charge >= 0.3 is 0 Å². The van der Waals surface area contributed by atoms with Crippen LogP contribution in [0.1, 0.15) is 30.3 Å². The van der Waals surface area contributed by atoms with E-state index in [9.17, 15) is 0 Å². The number of nitrogen functional groups attached to an aromatic ring is 1. The highest BCUT2D eigenvalue weighted by Gasteiger charge is 2.22. The zero-order valence-corrected chi connectivity index (χ0v) is 11.9. The van der Waals surface area contributed by atoms with Gasteiger partial charge in [-0.15, -0.1) is 0 Å². The molecule has 0 saturated heterocycles. The van der Waals surface area contributed by atoms with Crippen molar-refractivity contribution in [2.45, 2.75) is 40.2 Å². The van der Waals surface area contributed by atoms with E-state index in [1.807, 2.05) is 0 Å². The smallest absolute Gasteiger partial charge is 0.131 e. The van der Waals surface area contributed by atoms with Gasteiger partial charge in [-0.1, -0.05) is 24.6 Å². The Morgan fingerprint density at radius 3 is 2.89 bits per heavy atom. The molecule has 2 aromatic rings. The summed E-state index contributed by atoms with van der Waals surface area (Å²) < 4.78 is 2.20. The third-order valence-corrected chi connectivity index (χ3v) is 4.09. The SMILES string of the molecule is Cc1ccc(C)c(-c2nc3n(c2N)CC(C)CC3)c1. The molecule has 0 fully saturated rings. The van der Waals surface area contributed by atoms with Gasteiger partial charge in [-0.2, -0.15) is 0 Å². The third kappa shape index (κ3) is 2.03. The average Bonchev–Trinajstić information content (AvgIpc) is 2.70. The Hall–Kier alpha value is -1.77. The first-order valence-electron chi connectivity index (χ1n) is 6.98. The first-order valence-corrected chi connectivity index (χ1v) is 6.98. The maximum Gasteiger partial charge on any atom is 0.131 e. The van der Waals surface area contributed by atoms with E-state index in [2.05, 4.69) is 43.5 Å². The quantitative estimate of drug-likeness (QED) is 0.849. The minimum Gasteiger partial charge on any atom is -0.383 e. The number of hydrogen-bond acceptors (Lipinski definition) is 2. The van der Waals surface area contributed by atoms with Crippen LogP contribution in [-0.4, -0.2) is 9.55 Å². The van der Waals surface area contributed by atoms with E-state index in [1.165, 1.54) is 23.1 Å². The van der Waals surface area contributed by atoms with Gasteiger partial charge in [0.15, 0.2) is 0 Å². The van der Waals surface area contributed by atoms with Crippen LogP contribution < -0.4 is 5.73 Å². The summed E-state index contributed by atoms with van der Waals surface area (Å²) in [5, 5.41) is 0. The summed E-state index contributed by atoms with van der Waals surface area (Å²) in [7, 11) is 0. The summed E-state index contributed by atoms with van der Waals surface area (Å²) in [6.45, 7) is 7.51. The van der Waals surface area contributed by atoms with Gasteiger partial charge in [-0.25, -0.2) is 4.98 Å². The molecule has 2 N–H and O–H groups in total. The summed E-state index contributed by atoms with van der Waals surface area (Å²) >= 11 is 0. The number of hydrogen-bond donors (Lipinski definition) is 1. The largest absolute Gasteiger partial charge is 0.383 e. The summed E-state index contributed by atoms with van der Waals surface area (Å²) in [5.74, 6) is 2.66. The monoisotopic (exact) mass is 255 g/mol. The molecule has 1 aromatic carbocycles. The number of nitrogens with two attached hydrogens (primary N) is 1. The van der Waals surface area contributed by atoms with Crippen LogP contribution in [0, 0.1) is 19.8 Å². The number of rotatable bonds is 1. The van der Waals surface area contributed by atoms with Crippen molar-refractivity contribution in [3.63, 3.8) is 0 Å². The lowest BCUT2D eigenvalue weighted by atomic mass is 10.0. The summed E-state index contributed by atoms with van der Waals surface area (Å²) in [5.41, 5.74) is 11.0. The number of anilines is 1. The fourth-order valence-corrected chi connectivity index (χ4v) is 2.88. The van der Waals surface area contributed by atoms with E-state index in [4.69, 9.17) is 10.7 Å². The molecule has 1 aromatic heterocycles. The standard InChI is InChI=1S/C16H21N3/c1-10-4-6-12(3)13(8-10)15-16(17)19-9-11(2)5-7-14(19)18-15/h4,6,8,11H,5,7,9,17H2,1-3H3. The average molecular weight is 255 g/mol. The molecule has 1 atom stereocenters. The number of aryl methyl sites for hydroxylation is 3. The van der Waals surface area contributed by atoms with Crippen LogP contribution in [0.15, 0.2) is 18.2 Å². The van der Waals surface area contributed by atoms with Gasteiger partial charge in [-0.3, -0.25) is 0 Å². The molecule has 3 heteroatoms. The third-order valence-electron chi connectivity index (χ3n) is 4.09. The van der Waals surface area contributed by atoms with Gasteiger partial charge in [0, 0.05) is 18.5 Å². The van der Waals surface area contributed by atoms with E-state index < -0.39 is 0 Å². The van der Waals surface area contributed by atoms with Crippen molar-refractivity contribution >= 4 is 5.82 Å². The van der Waals surface area contributed by atoms with E-state index >= 15 is 0 Å². The van der Waals surface area contributed by atoms with Crippen molar-refractivity contribution in [3.05, 3.63) is 35.2 Å². The number of aromatic nitrogens is 2. The van der Waals surface area contributed by atoms with Gasteiger partial charge < -0.3 is 10.3 Å². The van der Waals surface area contributed by atoms with Crippen LogP contribution in [-0.2, 0) is 13.0 Å². The van der Waals surface area contributed by atoms with Gasteiger partial charge in [0.25, 0.3) is 0 Å². The van der Waals surface area contributed by atoms with Crippen molar-refractivity contribution < 1.29 is 0 Å². The normalized spacial score (nSPS) is 18.4. The second-order valence-electron chi connectivity index (χ2n) is 5.83. The summed E-state index contributed by atoms with van der Waals surface area (Å²) in [6, 6.07) is 6.46. The molecule has 1 aliphatic rings. The molecule has 100 valence electrons. The van der Waals surface area contributed by atoms with Gasteiger partial charge in [0.05, 0.1) is 0 Å². The number of imidazole rings is 1. The summed E-state index contributed by atoms with van der Waals surface area (Å²) in [6.07, 6.45) is 2.25. The highest BCUT2D eigenvalue weighted by atomic mass is 15.1. The zero-order valence-electron chi connectivity index (χ0n) is 11.9. The molecular formula is C16H21N3. The van der Waals surface area contributed by atoms with Crippen LogP contribution in [0.3, 0.4) is 0 Å². The van der Waals surface area contributed by atoms with Crippen LogP contribution in [0.4, 0.5) is 5.82 Å². The second-order valence-corrected chi connectivity index (χ2v) is 5.83. The molecule has 3 nitrogen and oxygen atoms in total. The lowest BCUT2D eigenvalue weighted by molar-refractivity contribution is 0.397. The maximum atomic E-state index is 6.34. The van der Waals surface area contributed by atoms with Crippen molar-refractivity contribution in [1.82, 2.24) is 9.55 Å². The molecule has 0 spiro atoms. The van der Waals surface area contributed by atoms with Crippen molar-refractivity contribution in [1.29, 1.82) is 0 Å². The first-order chi connectivity index (χ1) is 9.06. The molecule has 1 aliphatic heterocycles. The molecule has 2 heterocycles. The Bertz CT molecular complexity index is 625. The van der Waals surface area contributed by atoms with E-state index in [0.29, 0.717) is 5.92 Å². The van der Waals surface area contributed by atoms with Crippen molar-refractivity contribution in [2.75, 3.05) is 5.73 Å². The van der Waals surface area contributed by atoms with Gasteiger partial charge in [-0.05, 0) is 37.8 Å². The van der Waals surface area contributed by atoms with Gasteiger partial charge in [0.1, 0.15) is 17.3 Å². The van der Waals surface area contributed by atoms with E-state index in [0.717, 1.165) is 30.3 Å². The van der Waals surface area contributed by atoms with Crippen LogP contribution in [0.5, 0.6) is 0 Å². The Balaban J connectivity index is 2.14. The predicted molar refractivity (Wildman–Crippen MR) is 79.0 cm³/mol. The highest BCUT2D eigenvalue weighted by molar-refractivity contribution is 5.74. The fourth-order valence-electron chi connectivity index (χ4n) is 2.88. The molecular weight excluding hydrogens is 234 g/mol. The van der Waals surface area contributed by atoms with Crippen molar-refractivity contribution in [2.24, 2.45) is 5.92 Å². The molecule has 0 bridgehead atoms. The Morgan fingerprint density at radius 2 is 2.11 bits per heavy atom. The molecule has 0 saturated carbocycles. The minimum absolute atomic E-state index is 0.690. The Labute approximate surface area is 114 Å². The van der Waals surface area contributed by atoms with E-state index in [-0.39, 0.29) is 0 Å². The highest BCUT2D eigenvalue weighted by Crippen LogP contribution is 2.33. The topological polar surface area (TPSA) is 43.8 Å². The predicted octanol–water partition coefficient (Wildman–Crippen LogP) is 3.33. The molecule has 1 unspecified atom stereocenters. The molecule has 19 heavy (non-hydrogen) atoms.